The van der Waals surface area contributed by atoms with Gasteiger partial charge in [-0.25, -0.2) is 4.79 Å². The third-order valence-electron chi connectivity index (χ3n) is 5.92. The second-order valence-electron chi connectivity index (χ2n) is 7.32. The molecule has 4 atom stereocenters. The van der Waals surface area contributed by atoms with E-state index in [0.717, 1.165) is 17.7 Å². The molecule has 28 heavy (non-hydrogen) atoms. The van der Waals surface area contributed by atoms with E-state index in [1.54, 1.807) is 18.2 Å². The Balaban J connectivity index is 2.31. The van der Waals surface area contributed by atoms with Crippen LogP contribution < -0.4 is 0 Å². The number of methoxy groups -OCH3 is 2. The zero-order valence-corrected chi connectivity index (χ0v) is 17.6. The van der Waals surface area contributed by atoms with Crippen molar-refractivity contribution in [3.8, 4) is 0 Å². The molecule has 0 radical (unpaired) electrons. The van der Waals surface area contributed by atoms with Gasteiger partial charge in [0.1, 0.15) is 5.92 Å². The predicted octanol–water partition coefficient (Wildman–Crippen LogP) is 3.50. The van der Waals surface area contributed by atoms with E-state index in [0.29, 0.717) is 17.2 Å². The largest absolute Gasteiger partial charge is 0.469 e. The van der Waals surface area contributed by atoms with Crippen molar-refractivity contribution >= 4 is 23.5 Å². The summed E-state index contributed by atoms with van der Waals surface area (Å²) in [5.41, 5.74) is 0.986. The quantitative estimate of drug-likeness (QED) is 0.712. The lowest BCUT2D eigenvalue weighted by Gasteiger charge is -2.50. The van der Waals surface area contributed by atoms with Gasteiger partial charge >= 0.3 is 11.9 Å². The highest BCUT2D eigenvalue weighted by Crippen LogP contribution is 2.52. The van der Waals surface area contributed by atoms with E-state index in [1.807, 2.05) is 24.8 Å². The molecule has 4 unspecified atom stereocenters. The Morgan fingerprint density at radius 1 is 1.32 bits per heavy atom. The maximum absolute atomic E-state index is 13.0. The molecule has 152 valence electrons. The van der Waals surface area contributed by atoms with E-state index < -0.39 is 29.5 Å². The highest BCUT2D eigenvalue weighted by molar-refractivity contribution is 6.30. The molecule has 1 aromatic rings. The summed E-state index contributed by atoms with van der Waals surface area (Å²) in [5.74, 6) is -2.27. The lowest BCUT2D eigenvalue weighted by molar-refractivity contribution is -0.172. The van der Waals surface area contributed by atoms with Gasteiger partial charge in [-0.1, -0.05) is 30.7 Å². The monoisotopic (exact) mass is 407 g/mol. The summed E-state index contributed by atoms with van der Waals surface area (Å²) in [5, 5.41) is 0.523. The van der Waals surface area contributed by atoms with Crippen LogP contribution in [0.3, 0.4) is 0 Å². The number of halogens is 1. The Kier molecular flexibility index (Phi) is 5.73. The molecule has 0 bridgehead atoms. The summed E-state index contributed by atoms with van der Waals surface area (Å²) in [7, 11) is 2.69. The van der Waals surface area contributed by atoms with Crippen molar-refractivity contribution in [2.45, 2.75) is 44.9 Å². The molecule has 2 heterocycles. The van der Waals surface area contributed by atoms with Gasteiger partial charge in [-0.05, 0) is 38.0 Å². The topological polar surface area (TPSA) is 65.1 Å². The molecule has 0 aliphatic carbocycles. The second kappa shape index (κ2) is 7.76. The van der Waals surface area contributed by atoms with Crippen LogP contribution in [0, 0.1) is 5.92 Å². The van der Waals surface area contributed by atoms with Gasteiger partial charge in [0, 0.05) is 16.6 Å². The standard InChI is InChI=1S/C21H26ClNO5/c1-6-15-11-28-21(3)18(20(25)27-5)17(13-8-7-9-14(22)10-13)16(19(24)26-4)12(2)23(15)21/h7-10,15,17-18H,6,11H2,1-5H3. The van der Waals surface area contributed by atoms with Gasteiger partial charge in [-0.3, -0.25) is 4.79 Å². The molecule has 3 rings (SSSR count). The average Bonchev–Trinajstić information content (AvgIpc) is 3.04. The molecule has 0 N–H and O–H groups in total. The Morgan fingerprint density at radius 3 is 2.61 bits per heavy atom. The van der Waals surface area contributed by atoms with Crippen molar-refractivity contribution in [2.75, 3.05) is 20.8 Å². The molecular formula is C21H26ClNO5. The molecule has 6 nitrogen and oxygen atoms in total. The van der Waals surface area contributed by atoms with Gasteiger partial charge in [0.2, 0.25) is 0 Å². The molecule has 2 aliphatic heterocycles. The zero-order valence-electron chi connectivity index (χ0n) is 16.8. The molecule has 1 saturated heterocycles. The molecule has 1 fully saturated rings. The number of esters is 2. The minimum atomic E-state index is -0.942. The number of allylic oxidation sites excluding steroid dienone is 1. The molecule has 0 saturated carbocycles. The molecule has 7 heteroatoms. The van der Waals surface area contributed by atoms with Crippen LogP contribution in [0.2, 0.25) is 5.02 Å². The van der Waals surface area contributed by atoms with Gasteiger partial charge in [0.25, 0.3) is 0 Å². The van der Waals surface area contributed by atoms with E-state index in [-0.39, 0.29) is 6.04 Å². The van der Waals surface area contributed by atoms with Crippen LogP contribution in [-0.4, -0.2) is 49.4 Å². The number of carbonyl (C=O) groups is 2. The van der Waals surface area contributed by atoms with Gasteiger partial charge in [0.15, 0.2) is 5.72 Å². The van der Waals surface area contributed by atoms with Crippen LogP contribution >= 0.6 is 11.6 Å². The average molecular weight is 408 g/mol. The van der Waals surface area contributed by atoms with Crippen molar-refractivity contribution < 1.29 is 23.8 Å². The fraction of sp³-hybridized carbons (Fsp3) is 0.524. The number of fused-ring (bicyclic) bond motifs is 1. The van der Waals surface area contributed by atoms with Gasteiger partial charge in [0.05, 0.1) is 32.4 Å². The van der Waals surface area contributed by atoms with Gasteiger partial charge in [-0.15, -0.1) is 0 Å². The smallest absolute Gasteiger partial charge is 0.336 e. The first kappa shape index (κ1) is 20.7. The van der Waals surface area contributed by atoms with Crippen molar-refractivity contribution in [2.24, 2.45) is 5.92 Å². The van der Waals surface area contributed by atoms with Crippen molar-refractivity contribution in [1.82, 2.24) is 4.90 Å². The first-order valence-corrected chi connectivity index (χ1v) is 9.73. The molecule has 2 aliphatic rings. The Bertz CT molecular complexity index is 823. The number of nitrogens with zero attached hydrogens (tertiary/aromatic N) is 1. The van der Waals surface area contributed by atoms with E-state index in [1.165, 1.54) is 14.2 Å². The molecule has 0 aromatic heterocycles. The Morgan fingerprint density at radius 2 is 2.04 bits per heavy atom. The van der Waals surface area contributed by atoms with E-state index in [4.69, 9.17) is 25.8 Å². The summed E-state index contributed by atoms with van der Waals surface area (Å²) >= 11 is 6.22. The number of carbonyl (C=O) groups excluding carboxylic acids is 2. The summed E-state index contributed by atoms with van der Waals surface area (Å²) in [6.45, 7) is 6.29. The van der Waals surface area contributed by atoms with Crippen LogP contribution in [0.5, 0.6) is 0 Å². The SMILES string of the molecule is CCC1COC2(C)C(C(=O)OC)C(c3cccc(Cl)c3)C(C(=O)OC)=C(C)N12. The number of hydrogen-bond donors (Lipinski definition) is 0. The summed E-state index contributed by atoms with van der Waals surface area (Å²) in [6, 6.07) is 7.23. The number of benzene rings is 1. The van der Waals surface area contributed by atoms with Crippen LogP contribution in [0.1, 0.15) is 38.7 Å². The van der Waals surface area contributed by atoms with E-state index in [2.05, 4.69) is 6.92 Å². The van der Waals surface area contributed by atoms with Crippen molar-refractivity contribution in [3.63, 3.8) is 0 Å². The van der Waals surface area contributed by atoms with Gasteiger partial charge in [-0.2, -0.15) is 0 Å². The number of rotatable bonds is 4. The number of ether oxygens (including phenoxy) is 3. The molecule has 1 aromatic carbocycles. The highest BCUT2D eigenvalue weighted by Gasteiger charge is 2.60. The first-order valence-electron chi connectivity index (χ1n) is 9.35. The predicted molar refractivity (Wildman–Crippen MR) is 105 cm³/mol. The molecule has 0 spiro atoms. The zero-order chi connectivity index (χ0) is 20.6. The molecular weight excluding hydrogens is 382 g/mol. The van der Waals surface area contributed by atoms with Crippen LogP contribution in [0.25, 0.3) is 0 Å². The Labute approximate surface area is 170 Å². The minimum Gasteiger partial charge on any atom is -0.469 e. The lowest BCUT2D eigenvalue weighted by Crippen LogP contribution is -2.58. The van der Waals surface area contributed by atoms with E-state index in [9.17, 15) is 9.59 Å². The molecule has 0 amide bonds. The van der Waals surface area contributed by atoms with Gasteiger partial charge < -0.3 is 19.1 Å². The number of hydrogen-bond acceptors (Lipinski definition) is 6. The fourth-order valence-electron chi connectivity index (χ4n) is 4.67. The van der Waals surface area contributed by atoms with Crippen molar-refractivity contribution in [1.29, 1.82) is 0 Å². The third kappa shape index (κ3) is 3.08. The second-order valence-corrected chi connectivity index (χ2v) is 7.76. The summed E-state index contributed by atoms with van der Waals surface area (Å²) in [4.78, 5) is 27.9. The highest BCUT2D eigenvalue weighted by atomic mass is 35.5. The summed E-state index contributed by atoms with van der Waals surface area (Å²) in [6.07, 6.45) is 0.817. The maximum atomic E-state index is 13.0. The van der Waals surface area contributed by atoms with Crippen molar-refractivity contribution in [3.05, 3.63) is 46.1 Å². The minimum absolute atomic E-state index is 0.0529. The first-order chi connectivity index (χ1) is 13.3. The Hall–Kier alpha value is -2.05. The fourth-order valence-corrected chi connectivity index (χ4v) is 4.87. The van der Waals surface area contributed by atoms with Crippen LogP contribution in [-0.2, 0) is 23.8 Å². The van der Waals surface area contributed by atoms with Crippen LogP contribution in [0.15, 0.2) is 35.5 Å². The summed E-state index contributed by atoms with van der Waals surface area (Å²) < 4.78 is 16.5. The van der Waals surface area contributed by atoms with E-state index >= 15 is 0 Å². The normalized spacial score (nSPS) is 29.5. The van der Waals surface area contributed by atoms with Crippen LogP contribution in [0.4, 0.5) is 0 Å². The third-order valence-corrected chi connectivity index (χ3v) is 6.16. The lowest BCUT2D eigenvalue weighted by atomic mass is 9.71. The maximum Gasteiger partial charge on any atom is 0.336 e.